The summed E-state index contributed by atoms with van der Waals surface area (Å²) >= 11 is 0. The summed E-state index contributed by atoms with van der Waals surface area (Å²) in [5.74, 6) is 4.11. The molecule has 0 spiro atoms. The maximum absolute atomic E-state index is 12.5. The van der Waals surface area contributed by atoms with E-state index in [0.717, 1.165) is 102 Å². The second-order valence-electron chi connectivity index (χ2n) is 39.3. The summed E-state index contributed by atoms with van der Waals surface area (Å²) in [5, 5.41) is 20.1. The van der Waals surface area contributed by atoms with E-state index in [1.54, 1.807) is 11.1 Å². The summed E-state index contributed by atoms with van der Waals surface area (Å²) in [4.78, 5) is 58.9. The van der Waals surface area contributed by atoms with Crippen molar-refractivity contribution >= 4 is 66.5 Å². The van der Waals surface area contributed by atoms with Crippen LogP contribution in [0.2, 0.25) is 0 Å². The van der Waals surface area contributed by atoms with E-state index in [1.165, 1.54) is 104 Å². The van der Waals surface area contributed by atoms with E-state index in [2.05, 4.69) is 165 Å². The first-order chi connectivity index (χ1) is 53.8. The van der Waals surface area contributed by atoms with Gasteiger partial charge in [0.1, 0.15) is 22.6 Å². The van der Waals surface area contributed by atoms with Crippen LogP contribution in [-0.4, -0.2) is 87.9 Å². The van der Waals surface area contributed by atoms with Crippen LogP contribution in [0.15, 0.2) is 144 Å². The second-order valence-corrected chi connectivity index (χ2v) is 39.3. The number of carbonyl (C=O) groups excluding carboxylic acids is 4. The number of aliphatic carboxylic acids is 1. The lowest BCUT2D eigenvalue weighted by Crippen LogP contribution is -2.36. The predicted octanol–water partition coefficient (Wildman–Crippen LogP) is 24.6. The molecule has 13 nitrogen and oxygen atoms in total. The molecule has 7 fully saturated rings. The van der Waals surface area contributed by atoms with E-state index >= 15 is 0 Å². The van der Waals surface area contributed by atoms with Crippen molar-refractivity contribution in [3.63, 3.8) is 0 Å². The zero-order chi connectivity index (χ0) is 83.6. The molecule has 115 heavy (non-hydrogen) atoms. The minimum Gasteiger partial charge on any atom is -0.481 e. The predicted molar refractivity (Wildman–Crippen MR) is 480 cm³/mol. The molecule has 7 aliphatic rings. The lowest BCUT2D eigenvalue weighted by Gasteiger charge is -2.32. The number of ketones is 1. The molecule has 11 rings (SSSR count). The maximum atomic E-state index is 12.5. The van der Waals surface area contributed by atoms with Gasteiger partial charge in [-0.05, 0) is 316 Å². The van der Waals surface area contributed by atoms with Crippen LogP contribution in [0.3, 0.4) is 0 Å². The van der Waals surface area contributed by atoms with Crippen LogP contribution in [-0.2, 0) is 33.4 Å². The highest BCUT2D eigenvalue weighted by molar-refractivity contribution is 5.85. The van der Waals surface area contributed by atoms with E-state index in [1.807, 2.05) is 128 Å². The van der Waals surface area contributed by atoms with Gasteiger partial charge in [0.15, 0.2) is 0 Å². The summed E-state index contributed by atoms with van der Waals surface area (Å²) in [5.41, 5.74) is 14.4. The Morgan fingerprint density at radius 1 is 0.400 bits per heavy atom. The Kier molecular flexibility index (Phi) is 38.5. The highest BCUT2D eigenvalue weighted by atomic mass is 35.5. The van der Waals surface area contributed by atoms with Gasteiger partial charge in [-0.2, -0.15) is 0 Å². The van der Waals surface area contributed by atoms with Gasteiger partial charge in [0.05, 0.1) is 16.2 Å². The highest BCUT2D eigenvalue weighted by Crippen LogP contribution is 2.45. The lowest BCUT2D eigenvalue weighted by atomic mass is 9.78. The Bertz CT molecular complexity index is 3720. The van der Waals surface area contributed by atoms with Gasteiger partial charge in [0.25, 0.3) is 0 Å². The van der Waals surface area contributed by atoms with E-state index in [0.29, 0.717) is 71.5 Å². The fraction of sp³-hybridized carbons (Fsp3) is 0.634. The SMILES string of the molecule is CC(C)(C)OC(=O)C(C)(C)CCC1CCC(=O)CC1.CC/C(=C\c1ccccc1)[C@@H]1C[C@H]1N.CC/C(=C\c1ccccc1)[C@@H]1C[C@H]1NC(=O)OC(C)(C)C.CC/C(=C\c1ccccc1)[C@@H]1C[C@H]1NC1CCC(CCC(C)(C)C(=O)O)CC1.CC/C(=C\c1ccccc1)[C@@H]1C[C@H]1NC1CCC(CCC(C)(C)C(=O)OC(C)(C)C)CC1.Cl. The number of hydrogen-bond acceptors (Lipinski definition) is 11. The normalized spacial score (nSPS) is 24.5. The molecule has 0 unspecified atom stereocenters. The molecule has 1 amide bonds. The second kappa shape index (κ2) is 45.5. The van der Waals surface area contributed by atoms with Crippen LogP contribution in [0.25, 0.3) is 24.3 Å². The van der Waals surface area contributed by atoms with Crippen LogP contribution in [0, 0.1) is 57.7 Å². The smallest absolute Gasteiger partial charge is 0.407 e. The van der Waals surface area contributed by atoms with E-state index in [4.69, 9.17) is 19.9 Å². The van der Waals surface area contributed by atoms with Gasteiger partial charge >= 0.3 is 24.0 Å². The van der Waals surface area contributed by atoms with Gasteiger partial charge < -0.3 is 41.0 Å². The molecule has 4 aromatic rings. The van der Waals surface area contributed by atoms with Gasteiger partial charge in [-0.15, -0.1) is 12.4 Å². The van der Waals surface area contributed by atoms with Crippen LogP contribution in [0.4, 0.5) is 4.79 Å². The first kappa shape index (κ1) is 97.2. The first-order valence-corrected chi connectivity index (χ1v) is 44.3. The van der Waals surface area contributed by atoms with E-state index in [9.17, 15) is 29.1 Å². The number of carboxylic acids is 1. The van der Waals surface area contributed by atoms with Crippen molar-refractivity contribution in [2.45, 2.75) is 352 Å². The Labute approximate surface area is 702 Å². The number of hydrogen-bond donors (Lipinski definition) is 5. The molecule has 0 heterocycles. The van der Waals surface area contributed by atoms with Crippen molar-refractivity contribution in [2.75, 3.05) is 0 Å². The minimum absolute atomic E-state index is 0. The van der Waals surface area contributed by atoms with Crippen LogP contribution in [0.5, 0.6) is 0 Å². The molecule has 6 N–H and O–H groups in total. The molecule has 0 aromatic heterocycles. The molecule has 638 valence electrons. The fourth-order valence-corrected chi connectivity index (χ4v) is 16.3. The van der Waals surface area contributed by atoms with Gasteiger partial charge in [-0.3, -0.25) is 19.2 Å². The quantitative estimate of drug-likeness (QED) is 0.0255. The van der Waals surface area contributed by atoms with Crippen LogP contribution in [0.1, 0.15) is 321 Å². The molecule has 14 heteroatoms. The summed E-state index contributed by atoms with van der Waals surface area (Å²) in [7, 11) is 0. The third kappa shape index (κ3) is 35.8. The number of carbonyl (C=O) groups is 5. The monoisotopic (exact) mass is 1600 g/mol. The van der Waals surface area contributed by atoms with Gasteiger partial charge in [0, 0.05) is 55.0 Å². The van der Waals surface area contributed by atoms with Crippen molar-refractivity contribution < 1.29 is 43.3 Å². The van der Waals surface area contributed by atoms with E-state index in [-0.39, 0.29) is 36.5 Å². The minimum atomic E-state index is -0.669. The number of benzene rings is 4. The zero-order valence-electron chi connectivity index (χ0n) is 74.4. The number of amides is 1. The number of halogens is 1. The largest absolute Gasteiger partial charge is 0.481 e. The third-order valence-electron chi connectivity index (χ3n) is 24.3. The number of carboxylic acid groups (broad SMARTS) is 1. The number of alkyl carbamates (subject to hydrolysis) is 1. The standard InChI is InChI=1S/C29H45NO2.C25H37NO2.C18H25NO2.C16H28O3.C13H17N.ClH/c1-7-23(19-22-11-9-8-10-12-22)25-20-26(25)30-24-15-13-21(14-16-24)17-18-29(5,6)27(31)32-28(2,3)4;1-4-20(16-19-8-6-5-7-9-19)22-17-23(22)26-21-12-10-18(11-13-21)14-15-25(2,3)24(27)28;1-5-14(11-13-9-7-6-8-10-13)15-12-16(15)19-17(20)21-18(2,3)4;1-15(2,3)19-14(18)16(4,5)11-10-12-6-8-13(17)9-7-12;1-2-11(12-9-13(12)14)8-10-6-4-3-5-7-10;/h8-12,19,21,24-26,30H,7,13-18,20H2,1-6H3;5-9,16,18,21-23,26H,4,10-15,17H2,1-3H3,(H,27,28);6-11,15-16H,5,12H2,1-4H3,(H,19,20);12H,6-11H2,1-5H3;3-8,12-13H,2,9,14H2,1H3;1H/b23-19+;20-16+;14-11+;;11-8+;/t21?,24?,25-,26+;18?,21?,22-,23+;15-,16+;;12-,13+;/m000.0./s1. The number of nitrogens with one attached hydrogen (secondary N) is 3. The van der Waals surface area contributed by atoms with Gasteiger partial charge in [-0.25, -0.2) is 4.79 Å². The van der Waals surface area contributed by atoms with Crippen molar-refractivity contribution in [1.82, 2.24) is 16.0 Å². The molecule has 7 saturated carbocycles. The summed E-state index contributed by atoms with van der Waals surface area (Å²) in [6.07, 6.45) is 37.3. The number of esters is 2. The molecular weight excluding hydrogens is 1450 g/mol. The topological polar surface area (TPSA) is 195 Å². The third-order valence-corrected chi connectivity index (χ3v) is 24.3. The molecule has 8 atom stereocenters. The van der Waals surface area contributed by atoms with Crippen molar-refractivity contribution in [2.24, 2.45) is 63.4 Å². The van der Waals surface area contributed by atoms with Crippen molar-refractivity contribution in [1.29, 1.82) is 0 Å². The Morgan fingerprint density at radius 3 is 0.965 bits per heavy atom. The van der Waals surface area contributed by atoms with Crippen molar-refractivity contribution in [3.05, 3.63) is 166 Å². The molecule has 0 radical (unpaired) electrons. The summed E-state index contributed by atoms with van der Waals surface area (Å²) in [6.45, 7) is 37.8. The Balaban J connectivity index is 0.000000229. The highest BCUT2D eigenvalue weighted by Gasteiger charge is 2.44. The fourth-order valence-electron chi connectivity index (χ4n) is 16.3. The average molecular weight is 1600 g/mol. The Hall–Kier alpha value is -6.64. The number of Topliss-reactive ketones (excluding diaryl/α,β-unsaturated/α-hetero) is 1. The molecule has 0 saturated heterocycles. The molecular formula is C101H153ClN4O9. The number of ether oxygens (including phenoxy) is 3. The summed E-state index contributed by atoms with van der Waals surface area (Å²) < 4.78 is 16.4. The van der Waals surface area contributed by atoms with Crippen molar-refractivity contribution in [3.8, 4) is 0 Å². The average Bonchev–Trinajstić information content (AvgIpc) is 0.882. The molecule has 4 aromatic carbocycles. The lowest BCUT2D eigenvalue weighted by molar-refractivity contribution is -0.167. The van der Waals surface area contributed by atoms with Crippen LogP contribution < -0.4 is 21.7 Å². The number of nitrogens with two attached hydrogens (primary N) is 1. The van der Waals surface area contributed by atoms with Gasteiger partial charge in [-0.1, -0.05) is 196 Å². The number of rotatable bonds is 29. The molecule has 0 bridgehead atoms. The first-order valence-electron chi connectivity index (χ1n) is 44.3. The van der Waals surface area contributed by atoms with E-state index < -0.39 is 39.0 Å². The summed E-state index contributed by atoms with van der Waals surface area (Å²) in [6, 6.07) is 45.5. The molecule has 7 aliphatic carbocycles. The molecule has 0 aliphatic heterocycles. The maximum Gasteiger partial charge on any atom is 0.407 e. The zero-order valence-corrected chi connectivity index (χ0v) is 75.3. The van der Waals surface area contributed by atoms with Gasteiger partial charge in [0.2, 0.25) is 0 Å². The Morgan fingerprint density at radius 2 is 0.678 bits per heavy atom. The van der Waals surface area contributed by atoms with Crippen LogP contribution >= 0.6 is 12.4 Å².